The van der Waals surface area contributed by atoms with Crippen LogP contribution in [-0.2, 0) is 4.79 Å². The van der Waals surface area contributed by atoms with Crippen molar-refractivity contribution >= 4 is 5.97 Å². The van der Waals surface area contributed by atoms with Crippen LogP contribution in [0.15, 0.2) is 12.7 Å². The van der Waals surface area contributed by atoms with Gasteiger partial charge in [0.1, 0.15) is 18.7 Å². The third-order valence-corrected chi connectivity index (χ3v) is 3.39. The molecule has 2 atom stereocenters. The second-order valence-corrected chi connectivity index (χ2v) is 6.01. The van der Waals surface area contributed by atoms with Gasteiger partial charge in [0.05, 0.1) is 12.5 Å². The molecule has 2 rings (SSSR count). The van der Waals surface area contributed by atoms with Crippen LogP contribution in [0.2, 0.25) is 0 Å². The van der Waals surface area contributed by atoms with E-state index in [9.17, 15) is 4.79 Å². The summed E-state index contributed by atoms with van der Waals surface area (Å²) in [5.41, 5.74) is -0.301. The second-order valence-electron chi connectivity index (χ2n) is 6.01. The van der Waals surface area contributed by atoms with E-state index in [1.807, 2.05) is 27.7 Å². The first-order valence-electron chi connectivity index (χ1n) is 6.64. The average Bonchev–Trinajstić information content (AvgIpc) is 3.04. The molecular formula is C12H19N7O2. The van der Waals surface area contributed by atoms with Gasteiger partial charge in [0.15, 0.2) is 5.82 Å². The number of hydrogen-bond acceptors (Lipinski definition) is 6. The molecule has 0 saturated heterocycles. The number of hydrogen-bond donors (Lipinski definition) is 1. The maximum Gasteiger partial charge on any atom is 0.305 e. The van der Waals surface area contributed by atoms with Gasteiger partial charge < -0.3 is 5.11 Å². The van der Waals surface area contributed by atoms with Gasteiger partial charge in [-0.05, 0) is 22.8 Å². The van der Waals surface area contributed by atoms with Crippen molar-refractivity contribution in [2.45, 2.75) is 46.2 Å². The molecule has 2 aromatic rings. The maximum absolute atomic E-state index is 11.2. The summed E-state index contributed by atoms with van der Waals surface area (Å²) < 4.78 is 3.21. The minimum Gasteiger partial charge on any atom is -0.481 e. The van der Waals surface area contributed by atoms with Crippen LogP contribution in [0.5, 0.6) is 0 Å². The van der Waals surface area contributed by atoms with Crippen molar-refractivity contribution in [3.63, 3.8) is 0 Å². The fourth-order valence-corrected chi connectivity index (χ4v) is 2.16. The molecule has 0 amide bonds. The van der Waals surface area contributed by atoms with Crippen LogP contribution in [0.1, 0.15) is 52.0 Å². The summed E-state index contributed by atoms with van der Waals surface area (Å²) >= 11 is 0. The highest BCUT2D eigenvalue weighted by molar-refractivity contribution is 5.67. The van der Waals surface area contributed by atoms with Crippen LogP contribution in [-0.4, -0.2) is 46.0 Å². The molecule has 0 radical (unpaired) electrons. The van der Waals surface area contributed by atoms with Crippen molar-refractivity contribution in [1.82, 2.24) is 35.0 Å². The number of rotatable bonds is 5. The van der Waals surface area contributed by atoms with E-state index < -0.39 is 5.97 Å². The third kappa shape index (κ3) is 3.23. The number of aromatic nitrogens is 7. The van der Waals surface area contributed by atoms with Gasteiger partial charge in [0.2, 0.25) is 0 Å². The fraction of sp³-hybridized carbons (Fsp3) is 0.667. The molecule has 2 heterocycles. The first-order chi connectivity index (χ1) is 9.80. The normalized spacial score (nSPS) is 14.9. The van der Waals surface area contributed by atoms with Crippen LogP contribution < -0.4 is 0 Å². The smallest absolute Gasteiger partial charge is 0.305 e. The van der Waals surface area contributed by atoms with Gasteiger partial charge in [-0.1, -0.05) is 20.8 Å². The molecule has 0 bridgehead atoms. The Kier molecular flexibility index (Phi) is 4.01. The highest BCUT2D eigenvalue weighted by Crippen LogP contribution is 2.34. The molecule has 9 heteroatoms. The summed E-state index contributed by atoms with van der Waals surface area (Å²) in [7, 11) is 0. The van der Waals surface area contributed by atoms with Gasteiger partial charge in [-0.25, -0.2) is 14.3 Å². The second kappa shape index (κ2) is 5.58. The summed E-state index contributed by atoms with van der Waals surface area (Å²) in [6, 6.07) is -0.591. The van der Waals surface area contributed by atoms with Crippen molar-refractivity contribution in [3.8, 4) is 0 Å². The standard InChI is InChI=1S/C12H19N7O2/c1-8(18-7-13-6-14-18)11-15-16-17-19(11)9(5-10(20)21)12(2,3)4/h6-9H,5H2,1-4H3,(H,20,21). The summed E-state index contributed by atoms with van der Waals surface area (Å²) in [6.45, 7) is 7.78. The Morgan fingerprint density at radius 1 is 1.43 bits per heavy atom. The van der Waals surface area contributed by atoms with E-state index in [1.165, 1.54) is 6.33 Å². The Morgan fingerprint density at radius 2 is 2.14 bits per heavy atom. The molecule has 114 valence electrons. The lowest BCUT2D eigenvalue weighted by Crippen LogP contribution is -2.30. The minimum atomic E-state index is -0.884. The van der Waals surface area contributed by atoms with E-state index in [0.29, 0.717) is 5.82 Å². The predicted molar refractivity (Wildman–Crippen MR) is 72.4 cm³/mol. The zero-order chi connectivity index (χ0) is 15.6. The number of carbonyl (C=O) groups is 1. The molecule has 0 aliphatic carbocycles. The summed E-state index contributed by atoms with van der Waals surface area (Å²) in [5, 5.41) is 25.0. The minimum absolute atomic E-state index is 0.0500. The van der Waals surface area contributed by atoms with E-state index in [-0.39, 0.29) is 23.9 Å². The van der Waals surface area contributed by atoms with Crippen molar-refractivity contribution in [3.05, 3.63) is 18.5 Å². The van der Waals surface area contributed by atoms with E-state index in [4.69, 9.17) is 5.11 Å². The molecule has 9 nitrogen and oxygen atoms in total. The molecule has 2 aromatic heterocycles. The zero-order valence-electron chi connectivity index (χ0n) is 12.5. The lowest BCUT2D eigenvalue weighted by atomic mass is 9.84. The molecule has 0 aromatic carbocycles. The summed E-state index contributed by atoms with van der Waals surface area (Å²) in [4.78, 5) is 15.1. The van der Waals surface area contributed by atoms with Gasteiger partial charge >= 0.3 is 5.97 Å². The van der Waals surface area contributed by atoms with Gasteiger partial charge in [0, 0.05) is 0 Å². The first kappa shape index (κ1) is 15.1. The Hall–Kier alpha value is -2.32. The van der Waals surface area contributed by atoms with Crippen molar-refractivity contribution in [2.75, 3.05) is 0 Å². The molecule has 1 N–H and O–H groups in total. The summed E-state index contributed by atoms with van der Waals surface area (Å²) in [5.74, 6) is -0.327. The topological polar surface area (TPSA) is 112 Å². The van der Waals surface area contributed by atoms with Gasteiger partial charge in [-0.15, -0.1) is 5.10 Å². The molecule has 2 unspecified atom stereocenters. The van der Waals surface area contributed by atoms with Gasteiger partial charge in [-0.2, -0.15) is 5.10 Å². The third-order valence-electron chi connectivity index (χ3n) is 3.39. The molecule has 0 saturated carbocycles. The summed E-state index contributed by atoms with van der Waals surface area (Å²) in [6.07, 6.45) is 2.96. The number of carboxylic acids is 1. The lowest BCUT2D eigenvalue weighted by Gasteiger charge is -2.30. The monoisotopic (exact) mass is 293 g/mol. The van der Waals surface area contributed by atoms with Crippen LogP contribution in [0, 0.1) is 5.41 Å². The largest absolute Gasteiger partial charge is 0.481 e. The van der Waals surface area contributed by atoms with Crippen LogP contribution in [0.4, 0.5) is 0 Å². The van der Waals surface area contributed by atoms with Crippen LogP contribution >= 0.6 is 0 Å². The SMILES string of the molecule is CC(c1nnnn1C(CC(=O)O)C(C)(C)C)n1cncn1. The average molecular weight is 293 g/mol. The predicted octanol–water partition coefficient (Wildman–Crippen LogP) is 0.936. The first-order valence-corrected chi connectivity index (χ1v) is 6.64. The molecular weight excluding hydrogens is 274 g/mol. The number of aliphatic carboxylic acids is 1. The van der Waals surface area contributed by atoms with Crippen LogP contribution in [0.3, 0.4) is 0 Å². The Balaban J connectivity index is 2.39. The Bertz CT molecular complexity index is 599. The number of nitrogens with zero attached hydrogens (tertiary/aromatic N) is 7. The van der Waals surface area contributed by atoms with Crippen molar-refractivity contribution in [1.29, 1.82) is 0 Å². The molecule has 0 aliphatic rings. The highest BCUT2D eigenvalue weighted by Gasteiger charge is 2.33. The van der Waals surface area contributed by atoms with E-state index in [2.05, 4.69) is 25.6 Å². The van der Waals surface area contributed by atoms with Gasteiger partial charge in [-0.3, -0.25) is 4.79 Å². The van der Waals surface area contributed by atoms with Crippen molar-refractivity contribution < 1.29 is 9.90 Å². The van der Waals surface area contributed by atoms with E-state index in [1.54, 1.807) is 15.7 Å². The lowest BCUT2D eigenvalue weighted by molar-refractivity contribution is -0.138. The fourth-order valence-electron chi connectivity index (χ4n) is 2.16. The molecule has 0 aliphatic heterocycles. The molecule has 21 heavy (non-hydrogen) atoms. The molecule has 0 fully saturated rings. The highest BCUT2D eigenvalue weighted by atomic mass is 16.4. The zero-order valence-corrected chi connectivity index (χ0v) is 12.5. The number of carboxylic acid groups (broad SMARTS) is 1. The molecule has 0 spiro atoms. The van der Waals surface area contributed by atoms with Crippen LogP contribution in [0.25, 0.3) is 0 Å². The quantitative estimate of drug-likeness (QED) is 0.872. The van der Waals surface area contributed by atoms with Crippen molar-refractivity contribution in [2.24, 2.45) is 5.41 Å². The Labute approximate surface area is 122 Å². The van der Waals surface area contributed by atoms with Gasteiger partial charge in [0.25, 0.3) is 0 Å². The Morgan fingerprint density at radius 3 is 2.67 bits per heavy atom. The van der Waals surface area contributed by atoms with E-state index in [0.717, 1.165) is 0 Å². The maximum atomic E-state index is 11.2. The van der Waals surface area contributed by atoms with E-state index >= 15 is 0 Å². The number of tetrazole rings is 1.